The summed E-state index contributed by atoms with van der Waals surface area (Å²) in [6.07, 6.45) is 0.798. The number of methoxy groups -OCH3 is 1. The monoisotopic (exact) mass is 317 g/mol. The average molecular weight is 317 g/mol. The Hall–Kier alpha value is -2.14. The molecule has 2 aromatic rings. The summed E-state index contributed by atoms with van der Waals surface area (Å²) in [5, 5.41) is 0. The second-order valence-corrected chi connectivity index (χ2v) is 6.36. The summed E-state index contributed by atoms with van der Waals surface area (Å²) < 4.78 is 17.3. The maximum Gasteiger partial charge on any atom is 0.210 e. The maximum absolute atomic E-state index is 12.2. The van der Waals surface area contributed by atoms with Gasteiger partial charge in [-0.15, -0.1) is 0 Å². The zero-order chi connectivity index (χ0) is 15.8. The first-order valence-electron chi connectivity index (χ1n) is 6.98. The second kappa shape index (κ2) is 8.34. The number of ether oxygens (including phenoxy) is 1. The topological polar surface area (TPSA) is 46.6 Å². The fourth-order valence-electron chi connectivity index (χ4n) is 2.02. The summed E-state index contributed by atoms with van der Waals surface area (Å²) in [6, 6.07) is 16.9. The minimum absolute atomic E-state index is 0.429. The Balaban J connectivity index is 1.89. The van der Waals surface area contributed by atoms with Crippen molar-refractivity contribution in [1.82, 2.24) is 4.90 Å². The van der Waals surface area contributed by atoms with Gasteiger partial charge in [0.1, 0.15) is 5.75 Å². The number of amides is 1. The highest BCUT2D eigenvalue weighted by atomic mass is 32.2. The average Bonchev–Trinajstić information content (AvgIpc) is 2.59. The van der Waals surface area contributed by atoms with Gasteiger partial charge in [0.25, 0.3) is 0 Å². The van der Waals surface area contributed by atoms with E-state index in [0.29, 0.717) is 18.8 Å². The van der Waals surface area contributed by atoms with E-state index in [1.54, 1.807) is 12.0 Å². The molecule has 2 aromatic carbocycles. The summed E-state index contributed by atoms with van der Waals surface area (Å²) >= 11 is 0. The van der Waals surface area contributed by atoms with Gasteiger partial charge < -0.3 is 9.64 Å². The van der Waals surface area contributed by atoms with Crippen molar-refractivity contribution < 1.29 is 13.7 Å². The Morgan fingerprint density at radius 1 is 1.09 bits per heavy atom. The van der Waals surface area contributed by atoms with Crippen LogP contribution in [-0.4, -0.2) is 34.9 Å². The highest BCUT2D eigenvalue weighted by Gasteiger charge is 2.08. The van der Waals surface area contributed by atoms with Gasteiger partial charge in [-0.2, -0.15) is 0 Å². The van der Waals surface area contributed by atoms with E-state index in [-0.39, 0.29) is 0 Å². The molecule has 1 unspecified atom stereocenters. The van der Waals surface area contributed by atoms with Gasteiger partial charge in [0, 0.05) is 23.7 Å². The van der Waals surface area contributed by atoms with E-state index in [1.807, 2.05) is 54.6 Å². The van der Waals surface area contributed by atoms with Gasteiger partial charge in [-0.05, 0) is 29.8 Å². The molecule has 0 aliphatic rings. The van der Waals surface area contributed by atoms with Gasteiger partial charge in [-0.25, -0.2) is 0 Å². The molecule has 0 saturated carbocycles. The minimum atomic E-state index is -1.09. The molecular weight excluding hydrogens is 298 g/mol. The van der Waals surface area contributed by atoms with E-state index in [0.717, 1.165) is 22.6 Å². The van der Waals surface area contributed by atoms with Crippen LogP contribution in [0.2, 0.25) is 0 Å². The zero-order valence-electron chi connectivity index (χ0n) is 12.5. The SMILES string of the molecule is COc1ccc(CN(C=O)CCS(=O)c2ccccc2)cc1. The fourth-order valence-corrected chi connectivity index (χ4v) is 3.12. The Labute approximate surface area is 133 Å². The van der Waals surface area contributed by atoms with Crippen LogP contribution in [-0.2, 0) is 22.1 Å². The molecule has 116 valence electrons. The van der Waals surface area contributed by atoms with Crippen molar-refractivity contribution in [2.45, 2.75) is 11.4 Å². The molecule has 0 heterocycles. The highest BCUT2D eigenvalue weighted by molar-refractivity contribution is 7.85. The lowest BCUT2D eigenvalue weighted by molar-refractivity contribution is -0.118. The molecule has 0 aliphatic carbocycles. The van der Waals surface area contributed by atoms with Gasteiger partial charge in [-0.3, -0.25) is 9.00 Å². The van der Waals surface area contributed by atoms with Crippen molar-refractivity contribution >= 4 is 17.2 Å². The molecule has 0 fully saturated rings. The van der Waals surface area contributed by atoms with E-state index >= 15 is 0 Å². The zero-order valence-corrected chi connectivity index (χ0v) is 13.3. The molecule has 5 heteroatoms. The number of carbonyl (C=O) groups is 1. The van der Waals surface area contributed by atoms with Crippen LogP contribution in [0.1, 0.15) is 5.56 Å². The molecule has 0 bridgehead atoms. The number of hydrogen-bond donors (Lipinski definition) is 0. The van der Waals surface area contributed by atoms with E-state index in [9.17, 15) is 9.00 Å². The molecule has 0 aromatic heterocycles. The molecule has 4 nitrogen and oxygen atoms in total. The normalized spacial score (nSPS) is 11.7. The van der Waals surface area contributed by atoms with Crippen molar-refractivity contribution in [1.29, 1.82) is 0 Å². The third-order valence-corrected chi connectivity index (χ3v) is 4.62. The lowest BCUT2D eigenvalue weighted by Gasteiger charge is -2.17. The smallest absolute Gasteiger partial charge is 0.210 e. The van der Waals surface area contributed by atoms with Crippen LogP contribution in [0.15, 0.2) is 59.5 Å². The largest absolute Gasteiger partial charge is 0.497 e. The third kappa shape index (κ3) is 4.70. The first-order chi connectivity index (χ1) is 10.7. The molecule has 1 amide bonds. The Bertz CT molecular complexity index is 614. The van der Waals surface area contributed by atoms with Crippen molar-refractivity contribution in [3.8, 4) is 5.75 Å². The van der Waals surface area contributed by atoms with E-state index in [4.69, 9.17) is 4.74 Å². The van der Waals surface area contributed by atoms with Crippen molar-refractivity contribution in [3.63, 3.8) is 0 Å². The van der Waals surface area contributed by atoms with Crippen molar-refractivity contribution in [2.75, 3.05) is 19.4 Å². The van der Waals surface area contributed by atoms with Gasteiger partial charge >= 0.3 is 0 Å². The summed E-state index contributed by atoms with van der Waals surface area (Å²) in [6.45, 7) is 0.955. The molecule has 22 heavy (non-hydrogen) atoms. The maximum atomic E-state index is 12.2. The van der Waals surface area contributed by atoms with Gasteiger partial charge in [0.05, 0.1) is 17.9 Å². The molecular formula is C17H19NO3S. The van der Waals surface area contributed by atoms with E-state index in [2.05, 4.69) is 0 Å². The summed E-state index contributed by atoms with van der Waals surface area (Å²) in [7, 11) is 0.527. The van der Waals surface area contributed by atoms with Crippen LogP contribution in [0.4, 0.5) is 0 Å². The number of carbonyl (C=O) groups excluding carboxylic acids is 1. The molecule has 2 rings (SSSR count). The third-order valence-electron chi connectivity index (χ3n) is 3.26. The Morgan fingerprint density at radius 2 is 1.77 bits per heavy atom. The van der Waals surface area contributed by atoms with Gasteiger partial charge in [-0.1, -0.05) is 30.3 Å². The summed E-state index contributed by atoms with van der Waals surface area (Å²) in [5.41, 5.74) is 1.01. The van der Waals surface area contributed by atoms with E-state index in [1.165, 1.54) is 0 Å². The highest BCUT2D eigenvalue weighted by Crippen LogP contribution is 2.13. The van der Waals surface area contributed by atoms with E-state index < -0.39 is 10.8 Å². The van der Waals surface area contributed by atoms with Crippen LogP contribution < -0.4 is 4.74 Å². The summed E-state index contributed by atoms with van der Waals surface area (Å²) in [5.74, 6) is 1.21. The molecule has 0 saturated heterocycles. The number of rotatable bonds is 8. The van der Waals surface area contributed by atoms with Crippen LogP contribution in [0.3, 0.4) is 0 Å². The van der Waals surface area contributed by atoms with Crippen molar-refractivity contribution in [2.24, 2.45) is 0 Å². The van der Waals surface area contributed by atoms with Crippen molar-refractivity contribution in [3.05, 3.63) is 60.2 Å². The standard InChI is InChI=1S/C17H19NO3S/c1-21-16-9-7-15(8-10-16)13-18(14-19)11-12-22(20)17-5-3-2-4-6-17/h2-10,14H,11-13H2,1H3. The van der Waals surface area contributed by atoms with Gasteiger partial charge in [0.2, 0.25) is 6.41 Å². The lowest BCUT2D eigenvalue weighted by atomic mass is 10.2. The molecule has 0 radical (unpaired) electrons. The number of hydrogen-bond acceptors (Lipinski definition) is 3. The predicted octanol–water partition coefficient (Wildman–Crippen LogP) is 2.46. The van der Waals surface area contributed by atoms with Gasteiger partial charge in [0.15, 0.2) is 0 Å². The predicted molar refractivity (Wildman–Crippen MR) is 87.2 cm³/mol. The minimum Gasteiger partial charge on any atom is -0.497 e. The molecule has 0 N–H and O–H groups in total. The Kier molecular flexibility index (Phi) is 6.15. The quantitative estimate of drug-likeness (QED) is 0.703. The number of benzene rings is 2. The van der Waals surface area contributed by atoms with Crippen LogP contribution >= 0.6 is 0 Å². The lowest BCUT2D eigenvalue weighted by Crippen LogP contribution is -2.26. The molecule has 0 spiro atoms. The second-order valence-electron chi connectivity index (χ2n) is 4.79. The Morgan fingerprint density at radius 3 is 2.36 bits per heavy atom. The first kappa shape index (κ1) is 16.2. The molecule has 0 aliphatic heterocycles. The summed E-state index contributed by atoms with van der Waals surface area (Å²) in [4.78, 5) is 13.6. The number of nitrogens with zero attached hydrogens (tertiary/aromatic N) is 1. The van der Waals surface area contributed by atoms with Crippen LogP contribution in [0.25, 0.3) is 0 Å². The van der Waals surface area contributed by atoms with Crippen LogP contribution in [0, 0.1) is 0 Å². The fraction of sp³-hybridized carbons (Fsp3) is 0.235. The first-order valence-corrected chi connectivity index (χ1v) is 8.30. The molecule has 1 atom stereocenters. The van der Waals surface area contributed by atoms with Crippen LogP contribution in [0.5, 0.6) is 5.75 Å².